The first-order valence-electron chi connectivity index (χ1n) is 15.4. The summed E-state index contributed by atoms with van der Waals surface area (Å²) in [4.78, 5) is 57.8. The molecule has 3 unspecified atom stereocenters. The molecule has 0 bridgehead atoms. The van der Waals surface area contributed by atoms with Crippen molar-refractivity contribution in [3.8, 4) is 5.75 Å². The molecule has 0 spiro atoms. The van der Waals surface area contributed by atoms with Crippen LogP contribution in [0.3, 0.4) is 0 Å². The number of phenolic OH excluding ortho intramolecular Hbond substituents is 1. The number of amides is 2. The van der Waals surface area contributed by atoms with E-state index in [-0.39, 0.29) is 17.4 Å². The Morgan fingerprint density at radius 1 is 0.977 bits per heavy atom. The monoisotopic (exact) mass is 660 g/mol. The van der Waals surface area contributed by atoms with Gasteiger partial charge in [-0.1, -0.05) is 32.3 Å². The molecule has 1 aromatic rings. The maximum Gasteiger partial charge on any atom is 0.404 e. The lowest BCUT2D eigenvalue weighted by Gasteiger charge is -2.52. The molecule has 5 rings (SSSR count). The number of phenols is 1. The molecule has 0 aromatic heterocycles. The van der Waals surface area contributed by atoms with E-state index < -0.39 is 45.3 Å². The van der Waals surface area contributed by atoms with Crippen molar-refractivity contribution in [2.75, 3.05) is 6.54 Å². The lowest BCUT2D eigenvalue weighted by atomic mass is 9.53. The van der Waals surface area contributed by atoms with Crippen LogP contribution in [-0.2, 0) is 20.3 Å². The zero-order valence-corrected chi connectivity index (χ0v) is 26.8. The van der Waals surface area contributed by atoms with Gasteiger partial charge < -0.3 is 45.5 Å². The molecular formula is C29H46N2O11P2. The summed E-state index contributed by atoms with van der Waals surface area (Å²) in [5.74, 6) is 1.68. The number of hydrogen-bond donors (Lipinski definition) is 9. The predicted octanol–water partition coefficient (Wildman–Crippen LogP) is 3.75. The van der Waals surface area contributed by atoms with Gasteiger partial charge in [-0.05, 0) is 98.8 Å². The van der Waals surface area contributed by atoms with E-state index in [1.54, 1.807) is 5.32 Å². The van der Waals surface area contributed by atoms with Gasteiger partial charge in [0.05, 0.1) is 0 Å². The van der Waals surface area contributed by atoms with Crippen LogP contribution in [0.25, 0.3) is 0 Å². The van der Waals surface area contributed by atoms with Crippen LogP contribution in [0.4, 0.5) is 4.79 Å². The Kier molecular flexibility index (Phi) is 10.6. The number of aryl methyl sites for hydroxylation is 1. The largest absolute Gasteiger partial charge is 0.508 e. The van der Waals surface area contributed by atoms with Crippen molar-refractivity contribution in [1.82, 2.24) is 10.6 Å². The highest BCUT2D eigenvalue weighted by atomic mass is 31.2. The lowest BCUT2D eigenvalue weighted by molar-refractivity contribution is -0.160. The Balaban J connectivity index is 0.000000252. The van der Waals surface area contributed by atoms with Gasteiger partial charge in [-0.15, -0.1) is 0 Å². The van der Waals surface area contributed by atoms with Crippen molar-refractivity contribution in [2.24, 2.45) is 17.3 Å². The molecule has 0 radical (unpaired) electrons. The predicted molar refractivity (Wildman–Crippen MR) is 161 cm³/mol. The van der Waals surface area contributed by atoms with Crippen LogP contribution in [0.5, 0.6) is 5.75 Å². The highest BCUT2D eigenvalue weighted by molar-refractivity contribution is 7.70. The number of carboxylic acid groups (broad SMARTS) is 1. The van der Waals surface area contributed by atoms with Gasteiger partial charge in [-0.3, -0.25) is 13.9 Å². The summed E-state index contributed by atoms with van der Waals surface area (Å²) >= 11 is 0. The maximum absolute atomic E-state index is 13.3. The Bertz CT molecular complexity index is 1290. The number of hydrogen-bond acceptors (Lipinski definition) is 6. The second-order valence-corrected chi connectivity index (χ2v) is 17.2. The number of rotatable bonds is 7. The van der Waals surface area contributed by atoms with Gasteiger partial charge in [0.25, 0.3) is 5.91 Å². The zero-order valence-electron chi connectivity index (χ0n) is 25.0. The molecule has 13 nitrogen and oxygen atoms in total. The minimum absolute atomic E-state index is 0.103. The molecule has 44 heavy (non-hydrogen) atoms. The Labute approximate surface area is 257 Å². The smallest absolute Gasteiger partial charge is 0.404 e. The van der Waals surface area contributed by atoms with Gasteiger partial charge in [0, 0.05) is 18.0 Å². The second-order valence-electron chi connectivity index (χ2n) is 13.1. The van der Waals surface area contributed by atoms with E-state index in [1.807, 2.05) is 12.1 Å². The van der Waals surface area contributed by atoms with Crippen molar-refractivity contribution in [2.45, 2.75) is 107 Å². The average molecular weight is 661 g/mol. The normalized spacial score (nSPS) is 30.3. The first-order valence-corrected chi connectivity index (χ1v) is 18.8. The van der Waals surface area contributed by atoms with Crippen molar-refractivity contribution in [3.05, 3.63) is 29.3 Å². The fraction of sp³-hybridized carbons (Fsp3) is 0.724. The molecule has 4 aliphatic rings. The third-order valence-electron chi connectivity index (χ3n) is 10.6. The summed E-state index contributed by atoms with van der Waals surface area (Å²) in [5, 5.41) is 32.5. The summed E-state index contributed by atoms with van der Waals surface area (Å²) in [6.45, 7) is 1.74. The van der Waals surface area contributed by atoms with Gasteiger partial charge in [0.1, 0.15) is 11.4 Å². The molecule has 248 valence electrons. The van der Waals surface area contributed by atoms with Crippen LogP contribution < -0.4 is 10.6 Å². The van der Waals surface area contributed by atoms with Crippen LogP contribution in [0.2, 0.25) is 0 Å². The van der Waals surface area contributed by atoms with E-state index in [0.717, 1.165) is 44.9 Å². The lowest BCUT2D eigenvalue weighted by Crippen LogP contribution is -2.59. The van der Waals surface area contributed by atoms with Gasteiger partial charge in [0.15, 0.2) is 5.40 Å². The third-order valence-corrected chi connectivity index (χ3v) is 14.5. The molecule has 5 atom stereocenters. The van der Waals surface area contributed by atoms with Crippen molar-refractivity contribution in [3.63, 3.8) is 0 Å². The van der Waals surface area contributed by atoms with Crippen molar-refractivity contribution < 1.29 is 53.6 Å². The highest BCUT2D eigenvalue weighted by Crippen LogP contribution is 2.64. The van der Waals surface area contributed by atoms with E-state index in [4.69, 9.17) is 24.7 Å². The number of carbonyl (C=O) groups is 2. The van der Waals surface area contributed by atoms with E-state index in [2.05, 4.69) is 18.3 Å². The fourth-order valence-electron chi connectivity index (χ4n) is 8.35. The number of fused-ring (bicyclic) bond motifs is 5. The summed E-state index contributed by atoms with van der Waals surface area (Å²) < 4.78 is 21.4. The first-order chi connectivity index (χ1) is 20.5. The molecule has 15 heteroatoms. The van der Waals surface area contributed by atoms with E-state index in [1.165, 1.54) is 30.4 Å². The fourth-order valence-corrected chi connectivity index (χ4v) is 10.8. The molecule has 0 aliphatic heterocycles. The second kappa shape index (κ2) is 13.4. The molecule has 4 aliphatic carbocycles. The quantitative estimate of drug-likeness (QED) is 0.191. The standard InChI is InChI=1S/C25H35NO3.C4H11NO8P2/c1-24-13-11-20-19-10-8-18(27)15-16(19)7-9-21(20)22(24)12-14-25(24,29)23(28)26-17-5-3-2-4-6-17;6-4(7)5-2-1-3(14(8,9)10)15(11,12)13/h8,10,15,17,20-22,27,29H,2-7,9,11-14H2,1H3,(H,26,28);3,5H,1-2H2,(H,6,7)(H2,8,9,10)(H2,11,12,13)/t20?,21?,22?,24-,25-;/m0./s1. The Hall–Kier alpha value is -1.98. The van der Waals surface area contributed by atoms with Crippen molar-refractivity contribution >= 4 is 27.2 Å². The topological polar surface area (TPSA) is 234 Å². The SMILES string of the molecule is C[C@]12CCC3c4ccc(O)cc4CCC3C1CC[C@]2(O)C(=O)NC1CCCCC1.O=C(O)NCCC(P(=O)(O)O)P(=O)(O)O. The summed E-state index contributed by atoms with van der Waals surface area (Å²) in [5.41, 5.74) is 1.12. The minimum Gasteiger partial charge on any atom is -0.508 e. The van der Waals surface area contributed by atoms with Crippen LogP contribution in [-0.4, -0.2) is 70.5 Å². The zero-order chi connectivity index (χ0) is 32.5. The number of benzene rings is 1. The van der Waals surface area contributed by atoms with Gasteiger partial charge in [-0.2, -0.15) is 0 Å². The summed E-state index contributed by atoms with van der Waals surface area (Å²) in [7, 11) is -9.91. The van der Waals surface area contributed by atoms with Gasteiger partial charge >= 0.3 is 21.3 Å². The molecule has 2 amide bonds. The number of nitrogens with one attached hydrogen (secondary N) is 2. The van der Waals surface area contributed by atoms with E-state index in [9.17, 15) is 28.9 Å². The van der Waals surface area contributed by atoms with Crippen LogP contribution >= 0.6 is 15.2 Å². The molecule has 0 heterocycles. The Morgan fingerprint density at radius 3 is 2.25 bits per heavy atom. The van der Waals surface area contributed by atoms with E-state index in [0.29, 0.717) is 29.9 Å². The van der Waals surface area contributed by atoms with Crippen molar-refractivity contribution in [1.29, 1.82) is 0 Å². The summed E-state index contributed by atoms with van der Waals surface area (Å²) in [6.07, 6.45) is 9.20. The molecule has 3 fully saturated rings. The van der Waals surface area contributed by atoms with Crippen LogP contribution in [0, 0.1) is 17.3 Å². The molecule has 3 saturated carbocycles. The molecule has 0 saturated heterocycles. The molecular weight excluding hydrogens is 614 g/mol. The number of aromatic hydroxyl groups is 1. The minimum atomic E-state index is -4.95. The summed E-state index contributed by atoms with van der Waals surface area (Å²) in [6, 6.07) is 6.11. The highest BCUT2D eigenvalue weighted by Gasteiger charge is 2.64. The van der Waals surface area contributed by atoms with E-state index >= 15 is 0 Å². The van der Waals surface area contributed by atoms with Gasteiger partial charge in [0.2, 0.25) is 0 Å². The van der Waals surface area contributed by atoms with Crippen LogP contribution in [0.15, 0.2) is 18.2 Å². The Morgan fingerprint density at radius 2 is 1.64 bits per heavy atom. The average Bonchev–Trinajstić information content (AvgIpc) is 3.21. The number of carbonyl (C=O) groups excluding carboxylic acids is 1. The third kappa shape index (κ3) is 7.35. The number of aliphatic hydroxyl groups is 1. The molecule has 9 N–H and O–H groups in total. The molecule has 1 aromatic carbocycles. The van der Waals surface area contributed by atoms with Crippen LogP contribution in [0.1, 0.15) is 94.6 Å². The van der Waals surface area contributed by atoms with Gasteiger partial charge in [-0.25, -0.2) is 4.79 Å². The first kappa shape index (κ1) is 34.9. The maximum atomic E-state index is 13.3.